The lowest BCUT2D eigenvalue weighted by Gasteiger charge is -2.11. The van der Waals surface area contributed by atoms with Crippen LogP contribution in [0.3, 0.4) is 0 Å². The fourth-order valence-electron chi connectivity index (χ4n) is 1.48. The van der Waals surface area contributed by atoms with Crippen LogP contribution in [0.15, 0.2) is 30.3 Å². The standard InChI is InChI=1S/C12H10ClIOS/c1-7-2-5-11(16-7)12(15)9-6-8(13)3-4-10(9)14/h2-6,12,15H,1H3. The molecule has 0 aliphatic carbocycles. The van der Waals surface area contributed by atoms with Crippen LogP contribution in [0.2, 0.25) is 5.02 Å². The summed E-state index contributed by atoms with van der Waals surface area (Å²) in [5.74, 6) is 0. The van der Waals surface area contributed by atoms with Crippen LogP contribution < -0.4 is 0 Å². The zero-order valence-corrected chi connectivity index (χ0v) is 12.3. The number of hydrogen-bond acceptors (Lipinski definition) is 2. The molecule has 0 bridgehead atoms. The number of thiophene rings is 1. The van der Waals surface area contributed by atoms with Crippen LogP contribution in [0.4, 0.5) is 0 Å². The van der Waals surface area contributed by atoms with Gasteiger partial charge in [0.1, 0.15) is 6.10 Å². The average molecular weight is 365 g/mol. The largest absolute Gasteiger partial charge is 0.383 e. The number of aliphatic hydroxyl groups is 1. The van der Waals surface area contributed by atoms with Crippen LogP contribution in [0.1, 0.15) is 21.4 Å². The van der Waals surface area contributed by atoms with E-state index in [1.54, 1.807) is 11.3 Å². The SMILES string of the molecule is Cc1ccc(C(O)c2cc(Cl)ccc2I)s1. The topological polar surface area (TPSA) is 20.2 Å². The van der Waals surface area contributed by atoms with Crippen LogP contribution >= 0.6 is 45.5 Å². The minimum Gasteiger partial charge on any atom is -0.383 e. The summed E-state index contributed by atoms with van der Waals surface area (Å²) in [4.78, 5) is 2.16. The summed E-state index contributed by atoms with van der Waals surface area (Å²) in [6.07, 6.45) is -0.579. The summed E-state index contributed by atoms with van der Waals surface area (Å²) in [7, 11) is 0. The van der Waals surface area contributed by atoms with Gasteiger partial charge in [0.2, 0.25) is 0 Å². The molecule has 4 heteroatoms. The number of hydrogen-bond donors (Lipinski definition) is 1. The van der Waals surface area contributed by atoms with Gasteiger partial charge < -0.3 is 5.11 Å². The van der Waals surface area contributed by atoms with Crippen molar-refractivity contribution in [1.29, 1.82) is 0 Å². The van der Waals surface area contributed by atoms with E-state index in [-0.39, 0.29) is 0 Å². The fraction of sp³-hybridized carbons (Fsp3) is 0.167. The number of aliphatic hydroxyl groups excluding tert-OH is 1. The van der Waals surface area contributed by atoms with Gasteiger partial charge in [0.15, 0.2) is 0 Å². The molecule has 0 spiro atoms. The zero-order valence-electron chi connectivity index (χ0n) is 8.58. The van der Waals surface area contributed by atoms with Crippen molar-refractivity contribution in [2.45, 2.75) is 13.0 Å². The van der Waals surface area contributed by atoms with Crippen molar-refractivity contribution in [2.24, 2.45) is 0 Å². The maximum absolute atomic E-state index is 10.3. The maximum Gasteiger partial charge on any atom is 0.114 e. The molecule has 0 aliphatic rings. The van der Waals surface area contributed by atoms with E-state index in [0.717, 1.165) is 14.0 Å². The molecule has 0 saturated carbocycles. The molecule has 0 amide bonds. The summed E-state index contributed by atoms with van der Waals surface area (Å²) in [6, 6.07) is 9.55. The Morgan fingerprint density at radius 1 is 1.31 bits per heavy atom. The quantitative estimate of drug-likeness (QED) is 0.783. The van der Waals surface area contributed by atoms with Crippen LogP contribution in [0, 0.1) is 10.5 Å². The maximum atomic E-state index is 10.3. The van der Waals surface area contributed by atoms with E-state index in [4.69, 9.17) is 11.6 Å². The van der Waals surface area contributed by atoms with E-state index < -0.39 is 6.10 Å². The van der Waals surface area contributed by atoms with Gasteiger partial charge in [0.05, 0.1) is 0 Å². The Labute approximate surface area is 117 Å². The van der Waals surface area contributed by atoms with Gasteiger partial charge in [-0.25, -0.2) is 0 Å². The first-order valence-corrected chi connectivity index (χ1v) is 7.04. The molecule has 1 N–H and O–H groups in total. The summed E-state index contributed by atoms with van der Waals surface area (Å²) in [5, 5.41) is 10.9. The molecule has 1 heterocycles. The zero-order chi connectivity index (χ0) is 11.7. The Balaban J connectivity index is 2.40. The highest BCUT2D eigenvalue weighted by atomic mass is 127. The lowest BCUT2D eigenvalue weighted by atomic mass is 10.1. The van der Waals surface area contributed by atoms with E-state index in [1.807, 2.05) is 37.3 Å². The van der Waals surface area contributed by atoms with Crippen molar-refractivity contribution < 1.29 is 5.11 Å². The molecular weight excluding hydrogens is 355 g/mol. The van der Waals surface area contributed by atoms with Crippen molar-refractivity contribution in [1.82, 2.24) is 0 Å². The molecule has 2 aromatic rings. The molecule has 84 valence electrons. The summed E-state index contributed by atoms with van der Waals surface area (Å²) in [5.41, 5.74) is 0.870. The third kappa shape index (κ3) is 2.59. The number of rotatable bonds is 2. The molecular formula is C12H10ClIOS. The first kappa shape index (κ1) is 12.4. The van der Waals surface area contributed by atoms with E-state index in [1.165, 1.54) is 4.88 Å². The van der Waals surface area contributed by atoms with Gasteiger partial charge in [-0.05, 0) is 59.8 Å². The van der Waals surface area contributed by atoms with Crippen LogP contribution in [0.25, 0.3) is 0 Å². The van der Waals surface area contributed by atoms with Gasteiger partial charge >= 0.3 is 0 Å². The molecule has 2 rings (SSSR count). The molecule has 1 atom stereocenters. The molecule has 1 aromatic heterocycles. The Morgan fingerprint density at radius 3 is 2.69 bits per heavy atom. The minimum absolute atomic E-state index is 0.579. The Kier molecular flexibility index (Phi) is 3.89. The average Bonchev–Trinajstić information content (AvgIpc) is 2.67. The monoisotopic (exact) mass is 364 g/mol. The van der Waals surface area contributed by atoms with Crippen molar-refractivity contribution in [3.05, 3.63) is 54.2 Å². The second-order valence-electron chi connectivity index (χ2n) is 3.52. The highest BCUT2D eigenvalue weighted by Crippen LogP contribution is 2.32. The predicted molar refractivity (Wildman–Crippen MR) is 77.3 cm³/mol. The van der Waals surface area contributed by atoms with Crippen molar-refractivity contribution in [3.63, 3.8) is 0 Å². The molecule has 1 nitrogen and oxygen atoms in total. The van der Waals surface area contributed by atoms with Crippen LogP contribution in [-0.4, -0.2) is 5.11 Å². The van der Waals surface area contributed by atoms with E-state index in [2.05, 4.69) is 22.6 Å². The molecule has 0 fully saturated rings. The van der Waals surface area contributed by atoms with Gasteiger partial charge in [-0.1, -0.05) is 11.6 Å². The van der Waals surface area contributed by atoms with Crippen molar-refractivity contribution in [3.8, 4) is 0 Å². The van der Waals surface area contributed by atoms with Gasteiger partial charge in [-0.3, -0.25) is 0 Å². The molecule has 16 heavy (non-hydrogen) atoms. The number of aryl methyl sites for hydroxylation is 1. The van der Waals surface area contributed by atoms with Gasteiger partial charge in [0.25, 0.3) is 0 Å². The van der Waals surface area contributed by atoms with E-state index in [0.29, 0.717) is 5.02 Å². The van der Waals surface area contributed by atoms with Gasteiger partial charge in [-0.2, -0.15) is 0 Å². The Morgan fingerprint density at radius 2 is 2.06 bits per heavy atom. The fourth-order valence-corrected chi connectivity index (χ4v) is 3.17. The summed E-state index contributed by atoms with van der Waals surface area (Å²) >= 11 is 9.76. The minimum atomic E-state index is -0.579. The third-order valence-corrected chi connectivity index (χ3v) is 4.55. The van der Waals surface area contributed by atoms with E-state index >= 15 is 0 Å². The van der Waals surface area contributed by atoms with Gasteiger partial charge in [0, 0.05) is 23.9 Å². The number of benzene rings is 1. The van der Waals surface area contributed by atoms with Crippen molar-refractivity contribution >= 4 is 45.5 Å². The van der Waals surface area contributed by atoms with Crippen molar-refractivity contribution in [2.75, 3.05) is 0 Å². The molecule has 0 saturated heterocycles. The molecule has 0 radical (unpaired) electrons. The third-order valence-electron chi connectivity index (χ3n) is 2.28. The van der Waals surface area contributed by atoms with Gasteiger partial charge in [-0.15, -0.1) is 11.3 Å². The van der Waals surface area contributed by atoms with Crippen LogP contribution in [-0.2, 0) is 0 Å². The molecule has 1 unspecified atom stereocenters. The summed E-state index contributed by atoms with van der Waals surface area (Å²) < 4.78 is 1.03. The van der Waals surface area contributed by atoms with E-state index in [9.17, 15) is 5.11 Å². The number of halogens is 2. The smallest absolute Gasteiger partial charge is 0.114 e. The predicted octanol–water partition coefficient (Wildman–Crippen LogP) is 4.40. The molecule has 0 aliphatic heterocycles. The first-order valence-electron chi connectivity index (χ1n) is 4.77. The second kappa shape index (κ2) is 5.04. The second-order valence-corrected chi connectivity index (χ2v) is 6.43. The Hall–Kier alpha value is -0.100. The molecule has 1 aromatic carbocycles. The lowest BCUT2D eigenvalue weighted by Crippen LogP contribution is -1.99. The summed E-state index contributed by atoms with van der Waals surface area (Å²) in [6.45, 7) is 2.03. The normalized spacial score (nSPS) is 12.8. The first-order chi connectivity index (χ1) is 7.58. The Bertz CT molecular complexity index is 509. The lowest BCUT2D eigenvalue weighted by molar-refractivity contribution is 0.223. The highest BCUT2D eigenvalue weighted by molar-refractivity contribution is 14.1. The highest BCUT2D eigenvalue weighted by Gasteiger charge is 2.15. The van der Waals surface area contributed by atoms with Crippen LogP contribution in [0.5, 0.6) is 0 Å².